The van der Waals surface area contributed by atoms with Crippen LogP contribution in [0, 0.1) is 0 Å². The van der Waals surface area contributed by atoms with E-state index in [0.29, 0.717) is 30.3 Å². The fourth-order valence-electron chi connectivity index (χ4n) is 3.04. The van der Waals surface area contributed by atoms with Crippen molar-refractivity contribution in [3.05, 3.63) is 23.8 Å². The highest BCUT2D eigenvalue weighted by atomic mass is 16.6. The normalized spacial score (nSPS) is 18.8. The molecule has 1 fully saturated rings. The minimum absolute atomic E-state index is 0.0520. The van der Waals surface area contributed by atoms with E-state index in [2.05, 4.69) is 20.8 Å². The predicted octanol–water partition coefficient (Wildman–Crippen LogP) is 2.88. The van der Waals surface area contributed by atoms with E-state index in [1.807, 2.05) is 17.0 Å². The molecule has 0 unspecified atom stereocenters. The van der Waals surface area contributed by atoms with Gasteiger partial charge in [0, 0.05) is 18.7 Å². The molecular formula is C18H25NO4. The number of benzene rings is 1. The topological polar surface area (TPSA) is 48.0 Å². The lowest BCUT2D eigenvalue weighted by Gasteiger charge is -2.35. The van der Waals surface area contributed by atoms with Gasteiger partial charge in [-0.05, 0) is 51.8 Å². The summed E-state index contributed by atoms with van der Waals surface area (Å²) in [6.07, 6.45) is 2.00. The molecule has 1 amide bonds. The molecule has 2 heterocycles. The van der Waals surface area contributed by atoms with E-state index < -0.39 is 0 Å². The van der Waals surface area contributed by atoms with Crippen molar-refractivity contribution in [1.82, 2.24) is 4.90 Å². The van der Waals surface area contributed by atoms with E-state index in [9.17, 15) is 4.79 Å². The molecule has 2 aliphatic heterocycles. The average molecular weight is 319 g/mol. The van der Waals surface area contributed by atoms with Gasteiger partial charge in [-0.15, -0.1) is 0 Å². The summed E-state index contributed by atoms with van der Waals surface area (Å²) >= 11 is 0. The van der Waals surface area contributed by atoms with Gasteiger partial charge in [-0.1, -0.05) is 0 Å². The van der Waals surface area contributed by atoms with Crippen molar-refractivity contribution >= 4 is 5.91 Å². The van der Waals surface area contributed by atoms with Crippen molar-refractivity contribution in [3.63, 3.8) is 0 Å². The van der Waals surface area contributed by atoms with Gasteiger partial charge in [0.25, 0.3) is 5.91 Å². The Morgan fingerprint density at radius 1 is 1.13 bits per heavy atom. The Labute approximate surface area is 137 Å². The zero-order valence-electron chi connectivity index (χ0n) is 14.1. The molecule has 2 aliphatic rings. The number of piperidine rings is 1. The molecule has 5 heteroatoms. The molecule has 23 heavy (non-hydrogen) atoms. The van der Waals surface area contributed by atoms with Crippen molar-refractivity contribution in [2.24, 2.45) is 0 Å². The molecule has 0 spiro atoms. The fourth-order valence-corrected chi connectivity index (χ4v) is 3.04. The molecule has 1 aromatic carbocycles. The summed E-state index contributed by atoms with van der Waals surface area (Å²) in [7, 11) is 0. The Bertz CT molecular complexity index is 571. The average Bonchev–Trinajstić information content (AvgIpc) is 2.53. The molecule has 0 radical (unpaired) electrons. The van der Waals surface area contributed by atoms with Gasteiger partial charge < -0.3 is 19.1 Å². The molecule has 0 saturated carbocycles. The third-order valence-corrected chi connectivity index (χ3v) is 4.04. The smallest absolute Gasteiger partial charge is 0.253 e. The third kappa shape index (κ3) is 3.96. The first-order valence-electron chi connectivity index (χ1n) is 8.29. The van der Waals surface area contributed by atoms with Crippen LogP contribution < -0.4 is 9.47 Å². The summed E-state index contributed by atoms with van der Waals surface area (Å²) in [5, 5.41) is 0. The van der Waals surface area contributed by atoms with Crippen molar-refractivity contribution < 1.29 is 19.0 Å². The van der Waals surface area contributed by atoms with Crippen LogP contribution in [0.4, 0.5) is 0 Å². The van der Waals surface area contributed by atoms with Gasteiger partial charge in [0.2, 0.25) is 0 Å². The molecule has 3 rings (SSSR count). The number of hydrogen-bond acceptors (Lipinski definition) is 4. The van der Waals surface area contributed by atoms with E-state index in [-0.39, 0.29) is 17.6 Å². The van der Waals surface area contributed by atoms with Gasteiger partial charge in [-0.3, -0.25) is 4.79 Å². The zero-order valence-corrected chi connectivity index (χ0v) is 14.1. The number of ether oxygens (including phenoxy) is 3. The fraction of sp³-hybridized carbons (Fsp3) is 0.611. The van der Waals surface area contributed by atoms with Gasteiger partial charge in [0.1, 0.15) is 13.2 Å². The van der Waals surface area contributed by atoms with Crippen molar-refractivity contribution in [2.45, 2.75) is 45.3 Å². The second-order valence-corrected chi connectivity index (χ2v) is 7.08. The molecule has 126 valence electrons. The lowest BCUT2D eigenvalue weighted by atomic mass is 10.0. The molecule has 0 N–H and O–H groups in total. The maximum Gasteiger partial charge on any atom is 0.253 e. The molecule has 5 nitrogen and oxygen atoms in total. The van der Waals surface area contributed by atoms with Crippen molar-refractivity contribution in [3.8, 4) is 11.5 Å². The van der Waals surface area contributed by atoms with Gasteiger partial charge in [-0.25, -0.2) is 0 Å². The lowest BCUT2D eigenvalue weighted by molar-refractivity contribution is -0.0791. The van der Waals surface area contributed by atoms with Crippen LogP contribution in [0.3, 0.4) is 0 Å². The molecule has 0 aromatic heterocycles. The van der Waals surface area contributed by atoms with E-state index >= 15 is 0 Å². The second-order valence-electron chi connectivity index (χ2n) is 7.08. The van der Waals surface area contributed by atoms with E-state index in [1.54, 1.807) is 6.07 Å². The summed E-state index contributed by atoms with van der Waals surface area (Å²) in [5.41, 5.74) is 0.525. The first-order chi connectivity index (χ1) is 10.9. The van der Waals surface area contributed by atoms with Crippen molar-refractivity contribution in [2.75, 3.05) is 26.3 Å². The molecule has 0 bridgehead atoms. The Morgan fingerprint density at radius 3 is 2.43 bits per heavy atom. The van der Waals surface area contributed by atoms with Crippen LogP contribution in [-0.2, 0) is 4.74 Å². The summed E-state index contributed by atoms with van der Waals surface area (Å²) in [6.45, 7) is 8.75. The maximum absolute atomic E-state index is 12.7. The Balaban J connectivity index is 1.61. The Hall–Kier alpha value is -1.75. The number of likely N-dealkylation sites (tertiary alicyclic amines) is 1. The molecule has 1 saturated heterocycles. The number of nitrogens with zero attached hydrogens (tertiary/aromatic N) is 1. The second kappa shape index (κ2) is 6.40. The molecule has 1 aromatic rings. The summed E-state index contributed by atoms with van der Waals surface area (Å²) < 4.78 is 17.1. The number of amides is 1. The molecule has 0 atom stereocenters. The highest BCUT2D eigenvalue weighted by Crippen LogP contribution is 2.31. The Morgan fingerprint density at radius 2 is 1.78 bits per heavy atom. The zero-order chi connectivity index (χ0) is 16.4. The van der Waals surface area contributed by atoms with Crippen LogP contribution in [0.5, 0.6) is 11.5 Å². The summed E-state index contributed by atoms with van der Waals surface area (Å²) in [6, 6.07) is 5.42. The summed E-state index contributed by atoms with van der Waals surface area (Å²) in [5.74, 6) is 1.43. The number of fused-ring (bicyclic) bond motifs is 1. The minimum atomic E-state index is -0.132. The largest absolute Gasteiger partial charge is 0.486 e. The SMILES string of the molecule is CC(C)(C)OC1CCN(C(=O)c2ccc3c(c2)OCCO3)CC1. The number of carbonyl (C=O) groups is 1. The van der Waals surface area contributed by atoms with Crippen LogP contribution in [0.25, 0.3) is 0 Å². The van der Waals surface area contributed by atoms with E-state index in [0.717, 1.165) is 25.9 Å². The highest BCUT2D eigenvalue weighted by molar-refractivity contribution is 5.95. The third-order valence-electron chi connectivity index (χ3n) is 4.04. The van der Waals surface area contributed by atoms with Crippen LogP contribution in [0.2, 0.25) is 0 Å². The van der Waals surface area contributed by atoms with Crippen LogP contribution in [-0.4, -0.2) is 48.8 Å². The highest BCUT2D eigenvalue weighted by Gasteiger charge is 2.27. The van der Waals surface area contributed by atoms with E-state index in [4.69, 9.17) is 14.2 Å². The summed E-state index contributed by atoms with van der Waals surface area (Å²) in [4.78, 5) is 14.6. The quantitative estimate of drug-likeness (QED) is 0.841. The number of carbonyl (C=O) groups excluding carboxylic acids is 1. The van der Waals surface area contributed by atoms with Crippen LogP contribution in [0.15, 0.2) is 18.2 Å². The maximum atomic E-state index is 12.7. The van der Waals surface area contributed by atoms with Gasteiger partial charge in [-0.2, -0.15) is 0 Å². The van der Waals surface area contributed by atoms with Gasteiger partial charge >= 0.3 is 0 Å². The Kier molecular flexibility index (Phi) is 4.48. The van der Waals surface area contributed by atoms with E-state index in [1.165, 1.54) is 0 Å². The predicted molar refractivity (Wildman–Crippen MR) is 87.2 cm³/mol. The van der Waals surface area contributed by atoms with Crippen LogP contribution in [0.1, 0.15) is 44.0 Å². The number of rotatable bonds is 2. The standard InChI is InChI=1S/C18H25NO4/c1-18(2,3)23-14-6-8-19(9-7-14)17(20)13-4-5-15-16(12-13)22-11-10-21-15/h4-5,12,14H,6-11H2,1-3H3. The molecular weight excluding hydrogens is 294 g/mol. The lowest BCUT2D eigenvalue weighted by Crippen LogP contribution is -2.42. The number of hydrogen-bond donors (Lipinski definition) is 0. The minimum Gasteiger partial charge on any atom is -0.486 e. The first-order valence-corrected chi connectivity index (χ1v) is 8.29. The van der Waals surface area contributed by atoms with Crippen molar-refractivity contribution in [1.29, 1.82) is 0 Å². The monoisotopic (exact) mass is 319 g/mol. The first kappa shape index (κ1) is 16.1. The van der Waals surface area contributed by atoms with Gasteiger partial charge in [0.05, 0.1) is 11.7 Å². The molecule has 0 aliphatic carbocycles. The van der Waals surface area contributed by atoms with Gasteiger partial charge in [0.15, 0.2) is 11.5 Å². The van der Waals surface area contributed by atoms with Crippen LogP contribution >= 0.6 is 0 Å².